The van der Waals surface area contributed by atoms with Crippen molar-refractivity contribution in [2.24, 2.45) is 11.8 Å². The van der Waals surface area contributed by atoms with E-state index in [1.165, 1.54) is 16.3 Å². The van der Waals surface area contributed by atoms with Crippen LogP contribution in [0.4, 0.5) is 0 Å². The summed E-state index contributed by atoms with van der Waals surface area (Å²) < 4.78 is 0. The van der Waals surface area contributed by atoms with Crippen molar-refractivity contribution in [3.8, 4) is 0 Å². The molecule has 1 fully saturated rings. The van der Waals surface area contributed by atoms with Crippen LogP contribution in [-0.4, -0.2) is 23.5 Å². The summed E-state index contributed by atoms with van der Waals surface area (Å²) in [6, 6.07) is 14.4. The van der Waals surface area contributed by atoms with Crippen molar-refractivity contribution in [3.63, 3.8) is 0 Å². The second-order valence-electron chi connectivity index (χ2n) is 5.51. The van der Waals surface area contributed by atoms with Crippen molar-refractivity contribution >= 4 is 22.6 Å². The van der Waals surface area contributed by atoms with Crippen LogP contribution in [0.2, 0.25) is 0 Å². The lowest BCUT2D eigenvalue weighted by molar-refractivity contribution is -0.140. The summed E-state index contributed by atoms with van der Waals surface area (Å²) in [5.41, 5.74) is 1.17. The van der Waals surface area contributed by atoms with Gasteiger partial charge in [-0.25, -0.2) is 0 Å². The van der Waals surface area contributed by atoms with Crippen molar-refractivity contribution in [1.29, 1.82) is 0 Å². The number of hydrogen-bond acceptors (Lipinski definition) is 2. The number of carboxylic acids is 1. The van der Waals surface area contributed by atoms with Gasteiger partial charge in [0.05, 0.1) is 11.8 Å². The molecule has 4 heteroatoms. The Kier molecular flexibility index (Phi) is 3.60. The van der Waals surface area contributed by atoms with Gasteiger partial charge < -0.3 is 10.4 Å². The molecule has 2 unspecified atom stereocenters. The van der Waals surface area contributed by atoms with Gasteiger partial charge in [0.2, 0.25) is 5.91 Å². The van der Waals surface area contributed by atoms with Gasteiger partial charge in [-0.15, -0.1) is 0 Å². The average molecular weight is 283 g/mol. The van der Waals surface area contributed by atoms with E-state index >= 15 is 0 Å². The smallest absolute Gasteiger partial charge is 0.307 e. The highest BCUT2D eigenvalue weighted by molar-refractivity contribution is 5.89. The molecule has 1 aliphatic carbocycles. The Morgan fingerprint density at radius 2 is 1.86 bits per heavy atom. The lowest BCUT2D eigenvalue weighted by Crippen LogP contribution is -2.28. The second kappa shape index (κ2) is 5.56. The maximum Gasteiger partial charge on any atom is 0.307 e. The van der Waals surface area contributed by atoms with Crippen LogP contribution in [0.5, 0.6) is 0 Å². The van der Waals surface area contributed by atoms with Crippen LogP contribution >= 0.6 is 0 Å². The third kappa shape index (κ3) is 3.05. The molecule has 3 rings (SSSR count). The van der Waals surface area contributed by atoms with E-state index in [4.69, 9.17) is 5.11 Å². The normalized spacial score (nSPS) is 20.2. The number of fused-ring (bicyclic) bond motifs is 1. The molecule has 4 nitrogen and oxygen atoms in total. The molecule has 0 radical (unpaired) electrons. The Hall–Kier alpha value is -2.36. The Bertz CT molecular complexity index is 695. The first-order valence-corrected chi connectivity index (χ1v) is 7.13. The third-order valence-electron chi connectivity index (χ3n) is 3.97. The molecule has 1 amide bonds. The predicted molar refractivity (Wildman–Crippen MR) is 79.9 cm³/mol. The lowest BCUT2D eigenvalue weighted by Gasteiger charge is -2.06. The van der Waals surface area contributed by atoms with E-state index in [2.05, 4.69) is 35.6 Å². The molecular formula is C17H17NO3. The van der Waals surface area contributed by atoms with Gasteiger partial charge in [0.15, 0.2) is 0 Å². The van der Waals surface area contributed by atoms with Crippen LogP contribution < -0.4 is 5.32 Å². The molecular weight excluding hydrogens is 266 g/mol. The summed E-state index contributed by atoms with van der Waals surface area (Å²) >= 11 is 0. The van der Waals surface area contributed by atoms with Gasteiger partial charge in [0, 0.05) is 6.54 Å². The fourth-order valence-corrected chi connectivity index (χ4v) is 2.61. The van der Waals surface area contributed by atoms with Crippen molar-refractivity contribution in [2.45, 2.75) is 12.8 Å². The Morgan fingerprint density at radius 1 is 1.10 bits per heavy atom. The molecule has 1 saturated carbocycles. The highest BCUT2D eigenvalue weighted by Gasteiger charge is 2.48. The minimum Gasteiger partial charge on any atom is -0.481 e. The molecule has 1 aliphatic rings. The largest absolute Gasteiger partial charge is 0.481 e. The molecule has 108 valence electrons. The highest BCUT2D eigenvalue weighted by Crippen LogP contribution is 2.38. The maximum absolute atomic E-state index is 11.7. The van der Waals surface area contributed by atoms with Crippen LogP contribution in [-0.2, 0) is 16.0 Å². The zero-order chi connectivity index (χ0) is 14.8. The Morgan fingerprint density at radius 3 is 2.57 bits per heavy atom. The first-order valence-electron chi connectivity index (χ1n) is 7.13. The highest BCUT2D eigenvalue weighted by atomic mass is 16.4. The molecule has 0 saturated heterocycles. The SMILES string of the molecule is O=C(O)C1CC1C(=O)NCCc1ccc2ccccc2c1. The summed E-state index contributed by atoms with van der Waals surface area (Å²) in [5.74, 6) is -1.82. The molecule has 0 spiro atoms. The number of hydrogen-bond donors (Lipinski definition) is 2. The number of carbonyl (C=O) groups is 2. The molecule has 2 aromatic rings. The summed E-state index contributed by atoms with van der Waals surface area (Å²) in [7, 11) is 0. The summed E-state index contributed by atoms with van der Waals surface area (Å²) in [6.07, 6.45) is 1.22. The fraction of sp³-hybridized carbons (Fsp3) is 0.294. The van der Waals surface area contributed by atoms with E-state index in [1.54, 1.807) is 0 Å². The lowest BCUT2D eigenvalue weighted by atomic mass is 10.1. The zero-order valence-electron chi connectivity index (χ0n) is 11.6. The number of benzene rings is 2. The molecule has 0 bridgehead atoms. The number of carboxylic acid groups (broad SMARTS) is 1. The summed E-state index contributed by atoms with van der Waals surface area (Å²) in [6.45, 7) is 0.542. The van der Waals surface area contributed by atoms with E-state index in [1.807, 2.05) is 12.1 Å². The molecule has 0 heterocycles. The minimum absolute atomic E-state index is 0.136. The zero-order valence-corrected chi connectivity index (χ0v) is 11.6. The van der Waals surface area contributed by atoms with E-state index in [-0.39, 0.29) is 11.8 Å². The first kappa shape index (κ1) is 13.6. The van der Waals surface area contributed by atoms with Gasteiger partial charge >= 0.3 is 5.97 Å². The first-order chi connectivity index (χ1) is 10.1. The number of aliphatic carboxylic acids is 1. The van der Waals surface area contributed by atoms with Crippen LogP contribution in [0.15, 0.2) is 42.5 Å². The van der Waals surface area contributed by atoms with Crippen LogP contribution in [0, 0.1) is 11.8 Å². The molecule has 2 atom stereocenters. The van der Waals surface area contributed by atoms with Crippen molar-refractivity contribution in [2.75, 3.05) is 6.54 Å². The van der Waals surface area contributed by atoms with Gasteiger partial charge in [-0.05, 0) is 29.2 Å². The van der Waals surface area contributed by atoms with Gasteiger partial charge in [0.25, 0.3) is 0 Å². The van der Waals surface area contributed by atoms with Crippen LogP contribution in [0.1, 0.15) is 12.0 Å². The molecule has 0 aromatic heterocycles. The average Bonchev–Trinajstić information content (AvgIpc) is 3.28. The quantitative estimate of drug-likeness (QED) is 0.884. The summed E-state index contributed by atoms with van der Waals surface area (Å²) in [5, 5.41) is 14.0. The van der Waals surface area contributed by atoms with Gasteiger partial charge in [-0.3, -0.25) is 9.59 Å². The van der Waals surface area contributed by atoms with Gasteiger partial charge in [0.1, 0.15) is 0 Å². The predicted octanol–water partition coefficient (Wildman–Crippen LogP) is 2.22. The topological polar surface area (TPSA) is 66.4 Å². The molecule has 2 N–H and O–H groups in total. The van der Waals surface area contributed by atoms with Crippen LogP contribution in [0.25, 0.3) is 10.8 Å². The molecule has 0 aliphatic heterocycles. The Labute approximate surface area is 122 Å². The van der Waals surface area contributed by atoms with Crippen molar-refractivity contribution in [3.05, 3.63) is 48.0 Å². The number of amides is 1. The fourth-order valence-electron chi connectivity index (χ4n) is 2.61. The third-order valence-corrected chi connectivity index (χ3v) is 3.97. The minimum atomic E-state index is -0.871. The van der Waals surface area contributed by atoms with Crippen molar-refractivity contribution in [1.82, 2.24) is 5.32 Å². The monoisotopic (exact) mass is 283 g/mol. The summed E-state index contributed by atoms with van der Waals surface area (Å²) in [4.78, 5) is 22.5. The van der Waals surface area contributed by atoms with Gasteiger partial charge in [-0.1, -0.05) is 42.5 Å². The maximum atomic E-state index is 11.7. The van der Waals surface area contributed by atoms with Crippen LogP contribution in [0.3, 0.4) is 0 Å². The van der Waals surface area contributed by atoms with Crippen molar-refractivity contribution < 1.29 is 14.7 Å². The van der Waals surface area contributed by atoms with Gasteiger partial charge in [-0.2, -0.15) is 0 Å². The Balaban J connectivity index is 1.53. The van der Waals surface area contributed by atoms with E-state index < -0.39 is 11.9 Å². The molecule has 21 heavy (non-hydrogen) atoms. The van der Waals surface area contributed by atoms with E-state index in [9.17, 15) is 9.59 Å². The number of nitrogens with one attached hydrogen (secondary N) is 1. The molecule has 2 aromatic carbocycles. The number of rotatable bonds is 5. The second-order valence-corrected chi connectivity index (χ2v) is 5.51. The van der Waals surface area contributed by atoms with E-state index in [0.717, 1.165) is 6.42 Å². The standard InChI is InChI=1S/C17H17NO3/c19-16(14-10-15(14)17(20)21)18-8-7-11-5-6-12-3-1-2-4-13(12)9-11/h1-6,9,14-15H,7-8,10H2,(H,18,19)(H,20,21). The van der Waals surface area contributed by atoms with E-state index in [0.29, 0.717) is 13.0 Å². The number of carbonyl (C=O) groups excluding carboxylic acids is 1.